The van der Waals surface area contributed by atoms with Crippen LogP contribution in [0.5, 0.6) is 11.5 Å². The van der Waals surface area contributed by atoms with Crippen molar-refractivity contribution in [3.63, 3.8) is 0 Å². The number of carbonyl (C=O) groups excluding carboxylic acids is 3. The van der Waals surface area contributed by atoms with Gasteiger partial charge in [-0.15, -0.1) is 0 Å². The number of hydrogen-bond acceptors (Lipinski definition) is 5. The van der Waals surface area contributed by atoms with E-state index >= 15 is 0 Å². The molecule has 0 unspecified atom stereocenters. The summed E-state index contributed by atoms with van der Waals surface area (Å²) in [5.41, 5.74) is -1.93. The molecule has 0 aliphatic carbocycles. The summed E-state index contributed by atoms with van der Waals surface area (Å²) in [6.07, 6.45) is -2.90. The maximum Gasteiger partial charge on any atom is 0.416 e. The summed E-state index contributed by atoms with van der Waals surface area (Å²) in [7, 11) is 0. The second-order valence-corrected chi connectivity index (χ2v) is 8.05. The lowest BCUT2D eigenvalue weighted by Crippen LogP contribution is -2.54. The molecule has 186 valence electrons. The van der Waals surface area contributed by atoms with Gasteiger partial charge in [-0.3, -0.25) is 14.9 Å². The highest BCUT2D eigenvalue weighted by Crippen LogP contribution is 2.39. The van der Waals surface area contributed by atoms with Crippen LogP contribution in [0.15, 0.2) is 35.9 Å². The molecule has 0 aromatic heterocycles. The number of hydrogen-bond donors (Lipinski definition) is 1. The van der Waals surface area contributed by atoms with E-state index in [0.717, 1.165) is 12.1 Å². The van der Waals surface area contributed by atoms with E-state index in [1.165, 1.54) is 12.1 Å². The molecule has 7 nitrogen and oxygen atoms in total. The maximum atomic E-state index is 13.2. The van der Waals surface area contributed by atoms with Gasteiger partial charge in [0.25, 0.3) is 11.8 Å². The van der Waals surface area contributed by atoms with Crippen molar-refractivity contribution < 1.29 is 37.0 Å². The molecule has 4 amide bonds. The molecule has 0 bridgehead atoms. The van der Waals surface area contributed by atoms with Crippen LogP contribution in [-0.4, -0.2) is 31.1 Å². The number of barbiturate groups is 1. The molecule has 1 fully saturated rings. The molecule has 0 saturated carbocycles. The van der Waals surface area contributed by atoms with Gasteiger partial charge in [-0.25, -0.2) is 9.69 Å². The van der Waals surface area contributed by atoms with Crippen LogP contribution >= 0.6 is 23.2 Å². The van der Waals surface area contributed by atoms with Gasteiger partial charge >= 0.3 is 12.2 Å². The third-order valence-corrected chi connectivity index (χ3v) is 5.31. The Hall–Kier alpha value is -3.24. The Labute approximate surface area is 208 Å². The zero-order valence-corrected chi connectivity index (χ0v) is 20.0. The lowest BCUT2D eigenvalue weighted by molar-refractivity contribution is -0.137. The first-order valence-electron chi connectivity index (χ1n) is 10.3. The van der Waals surface area contributed by atoms with E-state index in [1.54, 1.807) is 6.92 Å². The number of nitrogens with zero attached hydrogens (tertiary/aromatic N) is 1. The lowest BCUT2D eigenvalue weighted by atomic mass is 10.1. The Morgan fingerprint density at radius 2 is 1.74 bits per heavy atom. The highest BCUT2D eigenvalue weighted by atomic mass is 35.5. The molecule has 1 aliphatic rings. The summed E-state index contributed by atoms with van der Waals surface area (Å²) in [5, 5.41) is 1.79. The van der Waals surface area contributed by atoms with E-state index in [4.69, 9.17) is 32.7 Å². The largest absolute Gasteiger partial charge is 0.490 e. The molecule has 2 aromatic rings. The fourth-order valence-corrected chi connectivity index (χ4v) is 3.66. The molecule has 12 heteroatoms. The monoisotopic (exact) mass is 530 g/mol. The number of alkyl halides is 3. The van der Waals surface area contributed by atoms with Crippen LogP contribution in [0.2, 0.25) is 10.0 Å². The van der Waals surface area contributed by atoms with Crippen molar-refractivity contribution in [2.75, 3.05) is 18.1 Å². The third kappa shape index (κ3) is 5.71. The number of imide groups is 2. The Balaban J connectivity index is 2.07. The summed E-state index contributed by atoms with van der Waals surface area (Å²) in [4.78, 5) is 38.4. The van der Waals surface area contributed by atoms with Crippen molar-refractivity contribution in [2.24, 2.45) is 0 Å². The Morgan fingerprint density at radius 3 is 2.37 bits per heavy atom. The van der Waals surface area contributed by atoms with Gasteiger partial charge < -0.3 is 9.47 Å². The van der Waals surface area contributed by atoms with Crippen LogP contribution in [0.25, 0.3) is 6.08 Å². The van der Waals surface area contributed by atoms with Crippen LogP contribution in [0.3, 0.4) is 0 Å². The molecule has 2 aromatic carbocycles. The number of nitrogens with one attached hydrogen (secondary N) is 1. The van der Waals surface area contributed by atoms with Crippen molar-refractivity contribution in [1.82, 2.24) is 5.32 Å². The van der Waals surface area contributed by atoms with E-state index in [-0.39, 0.29) is 33.7 Å². The molecule has 1 aliphatic heterocycles. The molecule has 3 rings (SSSR count). The quantitative estimate of drug-likeness (QED) is 0.357. The Morgan fingerprint density at radius 1 is 1.03 bits per heavy atom. The van der Waals surface area contributed by atoms with E-state index in [9.17, 15) is 27.6 Å². The first kappa shape index (κ1) is 26.4. The standard InChI is InChI=1S/C23H19Cl2F3N2O5/c1-3-7-35-19-16(25)9-12(10-18(19)34-4-2)8-14-20(31)29-22(33)30(21(14)32)17-11-13(23(26,27)28)5-6-15(17)24/h5-6,8-11H,3-4,7H2,1-2H3,(H,29,31,33)/b14-8-. The van der Waals surface area contributed by atoms with Gasteiger partial charge in [0.05, 0.1) is 34.5 Å². The van der Waals surface area contributed by atoms with Gasteiger partial charge in [0.2, 0.25) is 0 Å². The smallest absolute Gasteiger partial charge is 0.416 e. The summed E-state index contributed by atoms with van der Waals surface area (Å²) in [6, 6.07) is 3.82. The van der Waals surface area contributed by atoms with E-state index in [2.05, 4.69) is 0 Å². The van der Waals surface area contributed by atoms with Crippen molar-refractivity contribution in [3.8, 4) is 11.5 Å². The minimum atomic E-state index is -4.75. The molecular formula is C23H19Cl2F3N2O5. The van der Waals surface area contributed by atoms with Gasteiger partial charge in [-0.2, -0.15) is 13.2 Å². The van der Waals surface area contributed by atoms with E-state index < -0.39 is 40.8 Å². The molecule has 1 heterocycles. The average molecular weight is 531 g/mol. The lowest BCUT2D eigenvalue weighted by Gasteiger charge is -2.27. The van der Waals surface area contributed by atoms with Gasteiger partial charge in [0, 0.05) is 0 Å². The number of urea groups is 1. The second kappa shape index (κ2) is 10.6. The number of amides is 4. The second-order valence-electron chi connectivity index (χ2n) is 7.23. The zero-order valence-electron chi connectivity index (χ0n) is 18.5. The molecule has 0 atom stereocenters. The van der Waals surface area contributed by atoms with E-state index in [0.29, 0.717) is 30.1 Å². The number of benzene rings is 2. The predicted molar refractivity (Wildman–Crippen MR) is 124 cm³/mol. The van der Waals surface area contributed by atoms with Crippen LogP contribution in [0.1, 0.15) is 31.4 Å². The molecule has 0 radical (unpaired) electrons. The third-order valence-electron chi connectivity index (χ3n) is 4.71. The minimum absolute atomic E-state index is 0.147. The highest BCUT2D eigenvalue weighted by Gasteiger charge is 2.39. The van der Waals surface area contributed by atoms with Crippen molar-refractivity contribution in [3.05, 3.63) is 57.1 Å². The number of anilines is 1. The molecule has 0 spiro atoms. The first-order valence-corrected chi connectivity index (χ1v) is 11.1. The Kier molecular flexibility index (Phi) is 7.97. The van der Waals surface area contributed by atoms with Crippen molar-refractivity contribution >= 4 is 52.8 Å². The minimum Gasteiger partial charge on any atom is -0.490 e. The first-order chi connectivity index (χ1) is 16.5. The highest BCUT2D eigenvalue weighted by molar-refractivity contribution is 6.42. The maximum absolute atomic E-state index is 13.2. The van der Waals surface area contributed by atoms with Crippen molar-refractivity contribution in [1.29, 1.82) is 0 Å². The normalized spacial score (nSPS) is 15.5. The number of halogens is 5. The van der Waals surface area contributed by atoms with Gasteiger partial charge in [0.15, 0.2) is 11.5 Å². The predicted octanol–water partition coefficient (Wildman–Crippen LogP) is 5.87. The summed E-state index contributed by atoms with van der Waals surface area (Å²) < 4.78 is 50.7. The van der Waals surface area contributed by atoms with Crippen LogP contribution in [0, 0.1) is 0 Å². The topological polar surface area (TPSA) is 84.9 Å². The molecule has 1 N–H and O–H groups in total. The fourth-order valence-electron chi connectivity index (χ4n) is 3.18. The van der Waals surface area contributed by atoms with Gasteiger partial charge in [-0.05, 0) is 55.3 Å². The SMILES string of the molecule is CCCOc1c(Cl)cc(/C=C2/C(=O)NC(=O)N(c3cc(C(F)(F)F)ccc3Cl)C2=O)cc1OCC. The Bertz CT molecular complexity index is 1210. The molecule has 1 saturated heterocycles. The fraction of sp³-hybridized carbons (Fsp3) is 0.261. The molecule has 35 heavy (non-hydrogen) atoms. The number of ether oxygens (including phenoxy) is 2. The summed E-state index contributed by atoms with van der Waals surface area (Å²) >= 11 is 12.3. The number of carbonyl (C=O) groups is 3. The number of rotatable bonds is 7. The van der Waals surface area contributed by atoms with E-state index in [1.807, 2.05) is 12.2 Å². The van der Waals surface area contributed by atoms with Crippen LogP contribution < -0.4 is 19.7 Å². The van der Waals surface area contributed by atoms with Crippen molar-refractivity contribution in [2.45, 2.75) is 26.4 Å². The van der Waals surface area contributed by atoms with Crippen LogP contribution in [0.4, 0.5) is 23.7 Å². The zero-order chi connectivity index (χ0) is 25.9. The average Bonchev–Trinajstić information content (AvgIpc) is 2.76. The molecular weight excluding hydrogens is 512 g/mol. The summed E-state index contributed by atoms with van der Waals surface area (Å²) in [6.45, 7) is 4.29. The van der Waals surface area contributed by atoms with Gasteiger partial charge in [-0.1, -0.05) is 30.1 Å². The summed E-state index contributed by atoms with van der Waals surface area (Å²) in [5.74, 6) is -1.66. The van der Waals surface area contributed by atoms with Gasteiger partial charge in [0.1, 0.15) is 5.57 Å². The van der Waals surface area contributed by atoms with Crippen LogP contribution in [-0.2, 0) is 15.8 Å².